The molecule has 3 aromatic carbocycles. The maximum absolute atomic E-state index is 13.1. The average molecular weight is 542 g/mol. The van der Waals surface area contributed by atoms with Crippen LogP contribution < -0.4 is 14.8 Å². The minimum absolute atomic E-state index is 0.0921. The van der Waals surface area contributed by atoms with Crippen molar-refractivity contribution in [3.05, 3.63) is 92.8 Å². The lowest BCUT2D eigenvalue weighted by molar-refractivity contribution is -0.112. The monoisotopic (exact) mass is 542 g/mol. The highest BCUT2D eigenvalue weighted by atomic mass is 127. The lowest BCUT2D eigenvalue weighted by atomic mass is 10.1. The van der Waals surface area contributed by atoms with Crippen LogP contribution in [-0.2, 0) is 11.4 Å². The fourth-order valence-corrected chi connectivity index (χ4v) is 3.63. The van der Waals surface area contributed by atoms with Crippen molar-refractivity contribution >= 4 is 40.3 Å². The van der Waals surface area contributed by atoms with E-state index in [1.165, 1.54) is 30.3 Å². The zero-order chi connectivity index (χ0) is 22.9. The molecular formula is C25H20FIN2O3. The van der Waals surface area contributed by atoms with E-state index >= 15 is 0 Å². The van der Waals surface area contributed by atoms with Gasteiger partial charge in [-0.05, 0) is 83.1 Å². The van der Waals surface area contributed by atoms with Crippen molar-refractivity contribution in [1.82, 2.24) is 0 Å². The number of benzene rings is 3. The van der Waals surface area contributed by atoms with Gasteiger partial charge in [0.05, 0.1) is 10.2 Å². The zero-order valence-corrected chi connectivity index (χ0v) is 19.4. The van der Waals surface area contributed by atoms with Crippen LogP contribution in [0.4, 0.5) is 10.1 Å². The number of amides is 1. The van der Waals surface area contributed by atoms with Crippen molar-refractivity contribution in [2.45, 2.75) is 13.5 Å². The molecule has 32 heavy (non-hydrogen) atoms. The number of ether oxygens (including phenoxy) is 2. The van der Waals surface area contributed by atoms with Crippen molar-refractivity contribution in [2.24, 2.45) is 0 Å². The first-order chi connectivity index (χ1) is 15.5. The van der Waals surface area contributed by atoms with E-state index in [9.17, 15) is 14.4 Å². The molecule has 0 bridgehead atoms. The normalized spacial score (nSPS) is 10.9. The van der Waals surface area contributed by atoms with Crippen LogP contribution in [0.5, 0.6) is 11.5 Å². The first kappa shape index (κ1) is 23.3. The maximum Gasteiger partial charge on any atom is 0.266 e. The van der Waals surface area contributed by atoms with Crippen LogP contribution in [-0.4, -0.2) is 12.5 Å². The van der Waals surface area contributed by atoms with Crippen molar-refractivity contribution in [3.63, 3.8) is 0 Å². The van der Waals surface area contributed by atoms with Gasteiger partial charge >= 0.3 is 0 Å². The number of carbonyl (C=O) groups excluding carboxylic acids is 1. The minimum atomic E-state index is -0.587. The van der Waals surface area contributed by atoms with Crippen LogP contribution in [0.15, 0.2) is 72.3 Å². The Bertz CT molecular complexity index is 1160. The predicted molar refractivity (Wildman–Crippen MR) is 130 cm³/mol. The van der Waals surface area contributed by atoms with Gasteiger partial charge in [-0.2, -0.15) is 5.26 Å². The Kier molecular flexibility index (Phi) is 8.22. The Morgan fingerprint density at radius 1 is 1.12 bits per heavy atom. The number of hydrogen-bond acceptors (Lipinski definition) is 4. The van der Waals surface area contributed by atoms with Gasteiger partial charge in [0.15, 0.2) is 11.5 Å². The molecule has 0 aliphatic carbocycles. The number of nitrogens with zero attached hydrogens (tertiary/aromatic N) is 1. The number of anilines is 1. The second-order valence-corrected chi connectivity index (χ2v) is 7.83. The van der Waals surface area contributed by atoms with Crippen LogP contribution in [0.2, 0.25) is 0 Å². The van der Waals surface area contributed by atoms with E-state index in [1.54, 1.807) is 6.07 Å². The summed E-state index contributed by atoms with van der Waals surface area (Å²) in [6, 6.07) is 20.6. The highest BCUT2D eigenvalue weighted by molar-refractivity contribution is 14.1. The molecular weight excluding hydrogens is 522 g/mol. The molecule has 0 saturated carbocycles. The number of nitrogens with one attached hydrogen (secondary N) is 1. The maximum atomic E-state index is 13.1. The topological polar surface area (TPSA) is 71.3 Å². The number of halogens is 2. The first-order valence-electron chi connectivity index (χ1n) is 9.82. The van der Waals surface area contributed by atoms with Crippen LogP contribution in [0.25, 0.3) is 6.08 Å². The summed E-state index contributed by atoms with van der Waals surface area (Å²) < 4.78 is 25.6. The summed E-state index contributed by atoms with van der Waals surface area (Å²) in [7, 11) is 0. The molecule has 1 amide bonds. The molecule has 7 heteroatoms. The molecule has 0 aliphatic heterocycles. The molecule has 0 spiro atoms. The highest BCUT2D eigenvalue weighted by Gasteiger charge is 2.15. The standard InChI is InChI=1S/C25H20FIN2O3/c1-2-31-23-14-18(13-22(27)24(23)32-16-17-6-4-3-5-7-17)12-19(15-28)25(30)29-21-10-8-20(26)9-11-21/h3-14H,2,16H2,1H3,(H,29,30)/b19-12-. The second-order valence-electron chi connectivity index (χ2n) is 6.67. The van der Waals surface area contributed by atoms with Gasteiger partial charge in [0.2, 0.25) is 0 Å². The van der Waals surface area contributed by atoms with Gasteiger partial charge in [0.1, 0.15) is 24.1 Å². The Balaban J connectivity index is 1.83. The van der Waals surface area contributed by atoms with Gasteiger partial charge in [-0.1, -0.05) is 30.3 Å². The summed E-state index contributed by atoms with van der Waals surface area (Å²) in [5, 5.41) is 12.1. The molecule has 0 aliphatic rings. The molecule has 0 fully saturated rings. The summed E-state index contributed by atoms with van der Waals surface area (Å²) >= 11 is 2.14. The van der Waals surface area contributed by atoms with Crippen LogP contribution in [0.1, 0.15) is 18.1 Å². The number of carbonyl (C=O) groups is 1. The summed E-state index contributed by atoms with van der Waals surface area (Å²) in [6.07, 6.45) is 1.48. The number of hydrogen-bond donors (Lipinski definition) is 1. The number of nitriles is 1. The van der Waals surface area contributed by atoms with E-state index in [0.717, 1.165) is 9.13 Å². The molecule has 0 radical (unpaired) electrons. The Morgan fingerprint density at radius 3 is 2.50 bits per heavy atom. The molecule has 0 saturated heterocycles. The molecule has 3 rings (SSSR count). The minimum Gasteiger partial charge on any atom is -0.490 e. The molecule has 0 aromatic heterocycles. The zero-order valence-electron chi connectivity index (χ0n) is 17.3. The quantitative estimate of drug-likeness (QED) is 0.217. The van der Waals surface area contributed by atoms with E-state index in [1.807, 2.05) is 49.4 Å². The van der Waals surface area contributed by atoms with Gasteiger partial charge in [0, 0.05) is 5.69 Å². The molecule has 0 heterocycles. The number of rotatable bonds is 8. The largest absolute Gasteiger partial charge is 0.490 e. The highest BCUT2D eigenvalue weighted by Crippen LogP contribution is 2.35. The average Bonchev–Trinajstić information content (AvgIpc) is 2.79. The van der Waals surface area contributed by atoms with Crippen LogP contribution in [0.3, 0.4) is 0 Å². The summed E-state index contributed by atoms with van der Waals surface area (Å²) in [5.41, 5.74) is 1.95. The smallest absolute Gasteiger partial charge is 0.266 e. The SMILES string of the molecule is CCOc1cc(/C=C(/C#N)C(=O)Nc2ccc(F)cc2)cc(I)c1OCc1ccccc1. The fourth-order valence-electron chi connectivity index (χ4n) is 2.85. The molecule has 0 atom stereocenters. The Morgan fingerprint density at radius 2 is 1.84 bits per heavy atom. The summed E-state index contributed by atoms with van der Waals surface area (Å²) in [5.74, 6) is 0.128. The predicted octanol–water partition coefficient (Wildman–Crippen LogP) is 5.95. The van der Waals surface area contributed by atoms with Gasteiger partial charge in [0.25, 0.3) is 5.91 Å². The molecule has 162 valence electrons. The molecule has 3 aromatic rings. The Hall–Kier alpha value is -3.38. The van der Waals surface area contributed by atoms with Gasteiger partial charge in [-0.3, -0.25) is 4.79 Å². The van der Waals surface area contributed by atoms with E-state index < -0.39 is 11.7 Å². The summed E-state index contributed by atoms with van der Waals surface area (Å²) in [6.45, 7) is 2.68. The fraction of sp³-hybridized carbons (Fsp3) is 0.120. The third kappa shape index (κ3) is 6.31. The Labute approximate surface area is 199 Å². The van der Waals surface area contributed by atoms with Crippen molar-refractivity contribution in [2.75, 3.05) is 11.9 Å². The van der Waals surface area contributed by atoms with Crippen molar-refractivity contribution in [1.29, 1.82) is 5.26 Å². The van der Waals surface area contributed by atoms with Gasteiger partial charge in [-0.15, -0.1) is 0 Å². The summed E-state index contributed by atoms with van der Waals surface area (Å²) in [4.78, 5) is 12.5. The van der Waals surface area contributed by atoms with Crippen LogP contribution >= 0.6 is 22.6 Å². The van der Waals surface area contributed by atoms with E-state index in [0.29, 0.717) is 36.0 Å². The molecule has 0 unspecified atom stereocenters. The van der Waals surface area contributed by atoms with E-state index in [4.69, 9.17) is 9.47 Å². The second kappa shape index (κ2) is 11.3. The third-order valence-corrected chi connectivity index (χ3v) is 5.14. The lowest BCUT2D eigenvalue weighted by Gasteiger charge is -2.15. The van der Waals surface area contributed by atoms with Crippen LogP contribution in [0, 0.1) is 20.7 Å². The van der Waals surface area contributed by atoms with Gasteiger partial charge < -0.3 is 14.8 Å². The van der Waals surface area contributed by atoms with E-state index in [-0.39, 0.29) is 5.57 Å². The van der Waals surface area contributed by atoms with E-state index in [2.05, 4.69) is 27.9 Å². The van der Waals surface area contributed by atoms with Gasteiger partial charge in [-0.25, -0.2) is 4.39 Å². The van der Waals surface area contributed by atoms with Crippen molar-refractivity contribution < 1.29 is 18.7 Å². The lowest BCUT2D eigenvalue weighted by Crippen LogP contribution is -2.13. The van der Waals surface area contributed by atoms with Crippen molar-refractivity contribution in [3.8, 4) is 17.6 Å². The molecule has 1 N–H and O–H groups in total. The third-order valence-electron chi connectivity index (χ3n) is 4.34. The first-order valence-corrected chi connectivity index (χ1v) is 10.9. The molecule has 5 nitrogen and oxygen atoms in total.